The molecule has 1 saturated heterocycles. The van der Waals surface area contributed by atoms with Crippen molar-refractivity contribution >= 4 is 30.0 Å². The number of carbonyl (C=O) groups excluding carboxylic acids is 3. The van der Waals surface area contributed by atoms with Crippen LogP contribution in [0.4, 0.5) is 0 Å². The Morgan fingerprint density at radius 1 is 1.31 bits per heavy atom. The summed E-state index contributed by atoms with van der Waals surface area (Å²) in [6, 6.07) is -1.22. The Bertz CT molecular complexity index is 520. The van der Waals surface area contributed by atoms with E-state index < -0.39 is 17.0 Å². The van der Waals surface area contributed by atoms with Gasteiger partial charge in [0.2, 0.25) is 12.3 Å². The van der Waals surface area contributed by atoms with Crippen LogP contribution in [0.5, 0.6) is 0 Å². The van der Waals surface area contributed by atoms with E-state index >= 15 is 0 Å². The van der Waals surface area contributed by atoms with Crippen LogP contribution in [-0.2, 0) is 19.1 Å². The molecule has 0 aromatic heterocycles. The van der Waals surface area contributed by atoms with Crippen LogP contribution in [0.2, 0.25) is 0 Å². The van der Waals surface area contributed by atoms with E-state index in [1.54, 1.807) is 11.8 Å². The molecular formula is C19H32N2O4S. The minimum Gasteiger partial charge on any atom is -0.461 e. The fourth-order valence-electron chi connectivity index (χ4n) is 3.55. The second-order valence-corrected chi connectivity index (χ2v) is 9.48. The maximum Gasteiger partial charge on any atom is 0.329 e. The van der Waals surface area contributed by atoms with E-state index in [1.807, 2.05) is 27.7 Å². The highest BCUT2D eigenvalue weighted by atomic mass is 32.2. The predicted octanol–water partition coefficient (Wildman–Crippen LogP) is 2.70. The molecule has 2 fully saturated rings. The van der Waals surface area contributed by atoms with Crippen LogP contribution in [0.25, 0.3) is 0 Å². The van der Waals surface area contributed by atoms with Gasteiger partial charge in [0.15, 0.2) is 0 Å². The number of hydrogen-bond donors (Lipinski definition) is 1. The number of amides is 2. The van der Waals surface area contributed by atoms with Crippen LogP contribution >= 0.6 is 11.8 Å². The molecular weight excluding hydrogens is 352 g/mol. The number of nitrogens with one attached hydrogen (secondary N) is 1. The maximum absolute atomic E-state index is 12.8. The molecule has 0 bridgehead atoms. The summed E-state index contributed by atoms with van der Waals surface area (Å²) >= 11 is 1.56. The molecule has 2 aliphatic rings. The Labute approximate surface area is 160 Å². The Morgan fingerprint density at radius 2 is 1.96 bits per heavy atom. The average Bonchev–Trinajstić information content (AvgIpc) is 2.93. The van der Waals surface area contributed by atoms with Crippen LogP contribution in [0, 0.1) is 5.92 Å². The molecule has 2 rings (SSSR count). The van der Waals surface area contributed by atoms with E-state index in [1.165, 1.54) is 11.3 Å². The molecule has 26 heavy (non-hydrogen) atoms. The molecule has 1 saturated carbocycles. The van der Waals surface area contributed by atoms with Gasteiger partial charge in [-0.15, -0.1) is 11.8 Å². The lowest BCUT2D eigenvalue weighted by atomic mass is 9.96. The molecule has 1 aliphatic carbocycles. The van der Waals surface area contributed by atoms with Gasteiger partial charge in [-0.3, -0.25) is 9.59 Å². The summed E-state index contributed by atoms with van der Waals surface area (Å²) in [6.07, 6.45) is 6.61. The van der Waals surface area contributed by atoms with Crippen molar-refractivity contribution in [3.8, 4) is 0 Å². The number of esters is 1. The van der Waals surface area contributed by atoms with Crippen molar-refractivity contribution in [1.82, 2.24) is 10.2 Å². The first kappa shape index (κ1) is 21.1. The summed E-state index contributed by atoms with van der Waals surface area (Å²) in [6.45, 7) is 7.77. The summed E-state index contributed by atoms with van der Waals surface area (Å²) in [5, 5.41) is 2.87. The highest BCUT2D eigenvalue weighted by molar-refractivity contribution is 8.00. The molecule has 3 atom stereocenters. The molecule has 2 amide bonds. The topological polar surface area (TPSA) is 75.7 Å². The van der Waals surface area contributed by atoms with E-state index in [0.29, 0.717) is 5.75 Å². The second-order valence-electron chi connectivity index (χ2n) is 7.85. The third-order valence-corrected chi connectivity index (χ3v) is 6.97. The summed E-state index contributed by atoms with van der Waals surface area (Å²) in [5.74, 6) is -0.118. The maximum atomic E-state index is 12.8. The van der Waals surface area contributed by atoms with E-state index in [9.17, 15) is 14.4 Å². The third kappa shape index (κ3) is 4.93. The number of carbonyl (C=O) groups is 3. The molecule has 0 radical (unpaired) electrons. The molecule has 0 spiro atoms. The lowest BCUT2D eigenvalue weighted by Gasteiger charge is -2.32. The second kappa shape index (κ2) is 9.11. The lowest BCUT2D eigenvalue weighted by Crippen LogP contribution is -2.55. The first-order valence-corrected chi connectivity index (χ1v) is 10.7. The first-order valence-electron chi connectivity index (χ1n) is 9.68. The quantitative estimate of drug-likeness (QED) is 0.539. The van der Waals surface area contributed by atoms with Crippen LogP contribution in [0.1, 0.15) is 66.2 Å². The average molecular weight is 385 g/mol. The van der Waals surface area contributed by atoms with E-state index in [0.717, 1.165) is 38.5 Å². The Morgan fingerprint density at radius 3 is 2.54 bits per heavy atom. The number of nitrogens with zero attached hydrogens (tertiary/aromatic N) is 1. The van der Waals surface area contributed by atoms with Crippen LogP contribution < -0.4 is 5.32 Å². The van der Waals surface area contributed by atoms with Crippen LogP contribution in [-0.4, -0.2) is 52.0 Å². The van der Waals surface area contributed by atoms with Gasteiger partial charge in [-0.05, 0) is 45.4 Å². The predicted molar refractivity (Wildman–Crippen MR) is 103 cm³/mol. The third-order valence-electron chi connectivity index (χ3n) is 5.57. The molecule has 7 heteroatoms. The van der Waals surface area contributed by atoms with Crippen molar-refractivity contribution in [2.75, 3.05) is 5.75 Å². The molecule has 1 heterocycles. The summed E-state index contributed by atoms with van der Waals surface area (Å²) in [4.78, 5) is 38.1. The fraction of sp³-hybridized carbons (Fsp3) is 0.842. The van der Waals surface area contributed by atoms with E-state index in [-0.39, 0.29) is 23.9 Å². The summed E-state index contributed by atoms with van der Waals surface area (Å²) in [7, 11) is 0. The number of ether oxygens (including phenoxy) is 1. The largest absolute Gasteiger partial charge is 0.461 e. The van der Waals surface area contributed by atoms with Gasteiger partial charge in [0, 0.05) is 5.75 Å². The number of hydrogen-bond acceptors (Lipinski definition) is 5. The Kier molecular flexibility index (Phi) is 7.38. The molecule has 148 valence electrons. The van der Waals surface area contributed by atoms with Gasteiger partial charge in [-0.25, -0.2) is 4.79 Å². The Hall–Kier alpha value is -1.24. The monoisotopic (exact) mass is 384 g/mol. The lowest BCUT2D eigenvalue weighted by molar-refractivity contribution is -0.156. The van der Waals surface area contributed by atoms with E-state index in [4.69, 9.17) is 4.74 Å². The SMILES string of the molecule is CC[C@@H](C)[C@@H](NC(=O)[C@@H]1CSC(C)(C)N1C=O)C(=O)OC1CCCCC1. The molecule has 6 nitrogen and oxygen atoms in total. The molecule has 0 unspecified atom stereocenters. The zero-order valence-corrected chi connectivity index (χ0v) is 17.1. The van der Waals surface area contributed by atoms with Crippen LogP contribution in [0.3, 0.4) is 0 Å². The smallest absolute Gasteiger partial charge is 0.329 e. The molecule has 1 aliphatic heterocycles. The summed E-state index contributed by atoms with van der Waals surface area (Å²) in [5.41, 5.74) is 0. The van der Waals surface area contributed by atoms with Gasteiger partial charge < -0.3 is 15.0 Å². The van der Waals surface area contributed by atoms with Crippen molar-refractivity contribution < 1.29 is 19.1 Å². The highest BCUT2D eigenvalue weighted by Crippen LogP contribution is 2.37. The van der Waals surface area contributed by atoms with Gasteiger partial charge in [-0.2, -0.15) is 0 Å². The molecule has 0 aromatic carbocycles. The Balaban J connectivity index is 2.03. The van der Waals surface area contributed by atoms with Crippen LogP contribution in [0.15, 0.2) is 0 Å². The van der Waals surface area contributed by atoms with Gasteiger partial charge >= 0.3 is 5.97 Å². The number of thioether (sulfide) groups is 1. The minimum atomic E-state index is -0.670. The highest BCUT2D eigenvalue weighted by Gasteiger charge is 2.44. The van der Waals surface area contributed by atoms with Gasteiger partial charge in [0.1, 0.15) is 18.2 Å². The number of rotatable bonds is 7. The van der Waals surface area contributed by atoms with Crippen molar-refractivity contribution in [3.63, 3.8) is 0 Å². The van der Waals surface area contributed by atoms with Gasteiger partial charge in [-0.1, -0.05) is 26.7 Å². The molecule has 0 aromatic rings. The zero-order valence-electron chi connectivity index (χ0n) is 16.3. The van der Waals surface area contributed by atoms with Crippen molar-refractivity contribution in [1.29, 1.82) is 0 Å². The van der Waals surface area contributed by atoms with Crippen molar-refractivity contribution in [2.45, 2.75) is 89.3 Å². The van der Waals surface area contributed by atoms with Gasteiger partial charge in [0.05, 0.1) is 4.87 Å². The minimum absolute atomic E-state index is 0.0261. The van der Waals surface area contributed by atoms with Gasteiger partial charge in [0.25, 0.3) is 0 Å². The fourth-order valence-corrected chi connectivity index (χ4v) is 4.75. The van der Waals surface area contributed by atoms with Crippen molar-refractivity contribution in [2.24, 2.45) is 5.92 Å². The zero-order chi connectivity index (χ0) is 19.3. The normalized spacial score (nSPS) is 25.4. The standard InChI is InChI=1S/C19H32N2O4S/c1-5-13(2)16(18(24)25-14-9-7-6-8-10-14)20-17(23)15-11-26-19(3,4)21(15)12-22/h12-16H,5-11H2,1-4H3,(H,20,23)/t13-,15+,16-/m1/s1. The molecule has 1 N–H and O–H groups in total. The van der Waals surface area contributed by atoms with Crippen molar-refractivity contribution in [3.05, 3.63) is 0 Å². The first-order chi connectivity index (χ1) is 12.3. The van der Waals surface area contributed by atoms with E-state index in [2.05, 4.69) is 5.32 Å². The summed E-state index contributed by atoms with van der Waals surface area (Å²) < 4.78 is 5.69.